The highest BCUT2D eigenvalue weighted by molar-refractivity contribution is 14.0. The van der Waals surface area contributed by atoms with Crippen molar-refractivity contribution in [2.75, 3.05) is 46.0 Å². The summed E-state index contributed by atoms with van der Waals surface area (Å²) in [5.41, 5.74) is 0.618. The SMILES string of the molecule is CCNC(=NCCOCC1CCCO1)N1CCC2(CCC2)C1.I. The zero-order valence-corrected chi connectivity index (χ0v) is 16.7. The van der Waals surface area contributed by atoms with Crippen molar-refractivity contribution < 1.29 is 9.47 Å². The topological polar surface area (TPSA) is 46.1 Å². The van der Waals surface area contributed by atoms with E-state index in [0.717, 1.165) is 45.2 Å². The summed E-state index contributed by atoms with van der Waals surface area (Å²) in [6.07, 6.45) is 8.20. The Hall–Kier alpha value is -0.0800. The predicted octanol–water partition coefficient (Wildman–Crippen LogP) is 2.64. The van der Waals surface area contributed by atoms with Crippen molar-refractivity contribution in [2.24, 2.45) is 10.4 Å². The van der Waals surface area contributed by atoms with E-state index in [1.54, 1.807) is 0 Å². The third kappa shape index (κ3) is 5.19. The van der Waals surface area contributed by atoms with E-state index in [0.29, 0.717) is 18.1 Å². The number of nitrogens with one attached hydrogen (secondary N) is 1. The average Bonchev–Trinajstić information content (AvgIpc) is 3.14. The van der Waals surface area contributed by atoms with Crippen molar-refractivity contribution in [3.63, 3.8) is 0 Å². The average molecular weight is 437 g/mol. The van der Waals surface area contributed by atoms with Crippen LogP contribution in [-0.4, -0.2) is 63.0 Å². The van der Waals surface area contributed by atoms with Crippen LogP contribution in [0.5, 0.6) is 0 Å². The number of aliphatic imine (C=N–C) groups is 1. The van der Waals surface area contributed by atoms with Crippen molar-refractivity contribution in [3.05, 3.63) is 0 Å². The molecule has 2 saturated heterocycles. The smallest absolute Gasteiger partial charge is 0.194 e. The molecule has 6 heteroatoms. The Morgan fingerprint density at radius 3 is 2.83 bits per heavy atom. The van der Waals surface area contributed by atoms with E-state index in [9.17, 15) is 0 Å². The fourth-order valence-corrected chi connectivity index (χ4v) is 3.83. The second kappa shape index (κ2) is 9.42. The van der Waals surface area contributed by atoms with E-state index < -0.39 is 0 Å². The number of hydrogen-bond acceptors (Lipinski definition) is 3. The molecular weight excluding hydrogens is 405 g/mol. The first-order valence-electron chi connectivity index (χ1n) is 9.04. The lowest BCUT2D eigenvalue weighted by atomic mass is 9.68. The number of likely N-dealkylation sites (tertiary alicyclic amines) is 1. The molecule has 3 fully saturated rings. The van der Waals surface area contributed by atoms with Crippen molar-refractivity contribution >= 4 is 29.9 Å². The first-order chi connectivity index (χ1) is 10.8. The van der Waals surface area contributed by atoms with Gasteiger partial charge in [-0.3, -0.25) is 4.99 Å². The molecule has 1 spiro atoms. The van der Waals surface area contributed by atoms with Crippen LogP contribution in [0.2, 0.25) is 0 Å². The molecule has 134 valence electrons. The molecule has 23 heavy (non-hydrogen) atoms. The molecule has 1 unspecified atom stereocenters. The van der Waals surface area contributed by atoms with Gasteiger partial charge in [0.2, 0.25) is 0 Å². The molecule has 0 bridgehead atoms. The van der Waals surface area contributed by atoms with E-state index in [2.05, 4.69) is 17.1 Å². The van der Waals surface area contributed by atoms with Gasteiger partial charge in [0.1, 0.15) is 0 Å². The molecule has 0 aromatic heterocycles. The largest absolute Gasteiger partial charge is 0.377 e. The van der Waals surface area contributed by atoms with E-state index in [1.807, 2.05) is 0 Å². The Morgan fingerprint density at radius 1 is 1.35 bits per heavy atom. The lowest BCUT2D eigenvalue weighted by Crippen LogP contribution is -2.42. The zero-order valence-electron chi connectivity index (χ0n) is 14.4. The van der Waals surface area contributed by atoms with Crippen molar-refractivity contribution in [2.45, 2.75) is 51.6 Å². The van der Waals surface area contributed by atoms with Gasteiger partial charge in [-0.15, -0.1) is 24.0 Å². The van der Waals surface area contributed by atoms with Crippen LogP contribution < -0.4 is 5.32 Å². The number of nitrogens with zero attached hydrogens (tertiary/aromatic N) is 2. The summed E-state index contributed by atoms with van der Waals surface area (Å²) in [7, 11) is 0. The zero-order chi connectivity index (χ0) is 15.3. The van der Waals surface area contributed by atoms with Crippen LogP contribution in [0.4, 0.5) is 0 Å². The molecule has 2 aliphatic heterocycles. The number of rotatable bonds is 6. The summed E-state index contributed by atoms with van der Waals surface area (Å²) in [6, 6.07) is 0. The summed E-state index contributed by atoms with van der Waals surface area (Å²) in [6.45, 7) is 8.45. The van der Waals surface area contributed by atoms with Gasteiger partial charge in [-0.1, -0.05) is 6.42 Å². The maximum Gasteiger partial charge on any atom is 0.194 e. The van der Waals surface area contributed by atoms with Crippen molar-refractivity contribution in [3.8, 4) is 0 Å². The monoisotopic (exact) mass is 437 g/mol. The van der Waals surface area contributed by atoms with Gasteiger partial charge in [-0.2, -0.15) is 0 Å². The van der Waals surface area contributed by atoms with E-state index in [4.69, 9.17) is 14.5 Å². The van der Waals surface area contributed by atoms with E-state index >= 15 is 0 Å². The quantitative estimate of drug-likeness (QED) is 0.301. The molecule has 0 radical (unpaired) electrons. The second-order valence-electron chi connectivity index (χ2n) is 6.97. The highest BCUT2D eigenvalue weighted by Crippen LogP contribution is 2.47. The molecule has 1 atom stereocenters. The Morgan fingerprint density at radius 2 is 2.22 bits per heavy atom. The van der Waals surface area contributed by atoms with Crippen LogP contribution in [0.3, 0.4) is 0 Å². The van der Waals surface area contributed by atoms with Crippen LogP contribution in [0.25, 0.3) is 0 Å². The van der Waals surface area contributed by atoms with Crippen LogP contribution in [0.15, 0.2) is 4.99 Å². The third-order valence-corrected chi connectivity index (χ3v) is 5.31. The maximum atomic E-state index is 5.70. The fraction of sp³-hybridized carbons (Fsp3) is 0.941. The first kappa shape index (κ1) is 19.2. The minimum absolute atomic E-state index is 0. The molecule has 0 aromatic rings. The molecule has 1 saturated carbocycles. The molecule has 5 nitrogen and oxygen atoms in total. The van der Waals surface area contributed by atoms with E-state index in [1.165, 1.54) is 38.6 Å². The molecule has 0 aromatic carbocycles. The van der Waals surface area contributed by atoms with Gasteiger partial charge in [0.05, 0.1) is 25.9 Å². The number of guanidine groups is 1. The fourth-order valence-electron chi connectivity index (χ4n) is 3.83. The second-order valence-corrected chi connectivity index (χ2v) is 6.97. The maximum absolute atomic E-state index is 5.70. The van der Waals surface area contributed by atoms with Gasteiger partial charge in [0.15, 0.2) is 5.96 Å². The number of halogens is 1. The summed E-state index contributed by atoms with van der Waals surface area (Å²) in [5, 5.41) is 3.44. The molecule has 3 aliphatic rings. The molecule has 3 rings (SSSR count). The Bertz CT molecular complexity index is 382. The Kier molecular flexibility index (Phi) is 7.88. The molecule has 1 N–H and O–H groups in total. The van der Waals surface area contributed by atoms with Crippen LogP contribution in [0, 0.1) is 5.41 Å². The third-order valence-electron chi connectivity index (χ3n) is 5.31. The molecule has 2 heterocycles. The standard InChI is InChI=1S/C17H31N3O2.HI/c1-2-18-16(20-10-8-17(14-20)6-4-7-17)19-9-12-21-13-15-5-3-11-22-15;/h15H,2-14H2,1H3,(H,18,19);1H. The number of hydrogen-bond donors (Lipinski definition) is 1. The van der Waals surface area contributed by atoms with Gasteiger partial charge >= 0.3 is 0 Å². The lowest BCUT2D eigenvalue weighted by Gasteiger charge is -2.38. The summed E-state index contributed by atoms with van der Waals surface area (Å²) in [5.74, 6) is 1.08. The minimum atomic E-state index is 0. The number of ether oxygens (including phenoxy) is 2. The van der Waals surface area contributed by atoms with Gasteiger partial charge in [0.25, 0.3) is 0 Å². The van der Waals surface area contributed by atoms with Gasteiger partial charge in [-0.25, -0.2) is 0 Å². The highest BCUT2D eigenvalue weighted by Gasteiger charge is 2.43. The van der Waals surface area contributed by atoms with Crippen molar-refractivity contribution in [1.82, 2.24) is 10.2 Å². The van der Waals surface area contributed by atoms with Crippen LogP contribution in [-0.2, 0) is 9.47 Å². The Labute approximate surface area is 157 Å². The predicted molar refractivity (Wildman–Crippen MR) is 104 cm³/mol. The van der Waals surface area contributed by atoms with Crippen LogP contribution in [0.1, 0.15) is 45.4 Å². The summed E-state index contributed by atoms with van der Waals surface area (Å²) in [4.78, 5) is 7.20. The van der Waals surface area contributed by atoms with Gasteiger partial charge in [0, 0.05) is 26.2 Å². The molecule has 0 amide bonds. The van der Waals surface area contributed by atoms with E-state index in [-0.39, 0.29) is 24.0 Å². The van der Waals surface area contributed by atoms with Gasteiger partial charge < -0.3 is 19.7 Å². The highest BCUT2D eigenvalue weighted by atomic mass is 127. The lowest BCUT2D eigenvalue weighted by molar-refractivity contribution is 0.0199. The van der Waals surface area contributed by atoms with Gasteiger partial charge in [-0.05, 0) is 44.4 Å². The first-order valence-corrected chi connectivity index (χ1v) is 9.04. The molecule has 1 aliphatic carbocycles. The summed E-state index contributed by atoms with van der Waals surface area (Å²) < 4.78 is 11.3. The van der Waals surface area contributed by atoms with Crippen LogP contribution >= 0.6 is 24.0 Å². The normalized spacial score (nSPS) is 26.2. The Balaban J connectivity index is 0.00000192. The summed E-state index contributed by atoms with van der Waals surface area (Å²) >= 11 is 0. The molecular formula is C17H32IN3O2. The van der Waals surface area contributed by atoms with Crippen molar-refractivity contribution in [1.29, 1.82) is 0 Å². The minimum Gasteiger partial charge on any atom is -0.377 e.